The highest BCUT2D eigenvalue weighted by atomic mass is 16.5. The topological polar surface area (TPSA) is 18.5 Å². The second-order valence-electron chi connectivity index (χ2n) is 2.95. The molecular weight excluding hydrogens is 152 g/mol. The minimum Gasteiger partial charge on any atom is -0.381 e. The average molecular weight is 173 g/mol. The lowest BCUT2D eigenvalue weighted by Gasteiger charge is -2.17. The largest absolute Gasteiger partial charge is 0.381 e. The molecular formula is C10H21O2. The predicted molar refractivity (Wildman–Crippen MR) is 51.1 cm³/mol. The van der Waals surface area contributed by atoms with Gasteiger partial charge in [0, 0.05) is 14.2 Å². The Balaban J connectivity index is 3.49. The minimum atomic E-state index is 0.286. The number of hydrogen-bond acceptors (Lipinski definition) is 2. The maximum atomic E-state index is 5.27. The Morgan fingerprint density at radius 3 is 2.17 bits per heavy atom. The van der Waals surface area contributed by atoms with Gasteiger partial charge in [-0.1, -0.05) is 13.8 Å². The standard InChI is InChI=1S/C10H21O2/c1-5-9(11-3)7-8-10(6-2)12-4/h5,9-10H,6-8H2,1-4H3. The van der Waals surface area contributed by atoms with Gasteiger partial charge in [0.2, 0.25) is 0 Å². The average Bonchev–Trinajstić information content (AvgIpc) is 2.13. The number of hydrogen-bond donors (Lipinski definition) is 0. The van der Waals surface area contributed by atoms with Gasteiger partial charge in [-0.15, -0.1) is 0 Å². The Hall–Kier alpha value is -0.0800. The molecule has 0 bridgehead atoms. The third kappa shape index (κ3) is 4.73. The summed E-state index contributed by atoms with van der Waals surface area (Å²) < 4.78 is 10.5. The molecule has 1 radical (unpaired) electrons. The summed E-state index contributed by atoms with van der Waals surface area (Å²) in [6.45, 7) is 4.17. The van der Waals surface area contributed by atoms with Crippen LogP contribution < -0.4 is 0 Å². The summed E-state index contributed by atoms with van der Waals surface area (Å²) in [6.07, 6.45) is 5.98. The Labute approximate surface area is 76.3 Å². The first-order valence-electron chi connectivity index (χ1n) is 4.63. The number of rotatable bonds is 7. The summed E-state index contributed by atoms with van der Waals surface area (Å²) in [5.41, 5.74) is 0. The van der Waals surface area contributed by atoms with E-state index in [1.54, 1.807) is 14.2 Å². The van der Waals surface area contributed by atoms with Crippen LogP contribution in [0.1, 0.15) is 33.1 Å². The zero-order valence-electron chi connectivity index (χ0n) is 8.67. The van der Waals surface area contributed by atoms with Crippen molar-refractivity contribution in [3.8, 4) is 0 Å². The van der Waals surface area contributed by atoms with Crippen molar-refractivity contribution in [1.29, 1.82) is 0 Å². The summed E-state index contributed by atoms with van der Waals surface area (Å²) >= 11 is 0. The van der Waals surface area contributed by atoms with Crippen LogP contribution in [-0.2, 0) is 9.47 Å². The molecule has 0 aromatic heterocycles. The number of methoxy groups -OCH3 is 2. The smallest absolute Gasteiger partial charge is 0.0601 e. The van der Waals surface area contributed by atoms with Gasteiger partial charge >= 0.3 is 0 Å². The van der Waals surface area contributed by atoms with Gasteiger partial charge in [0.1, 0.15) is 0 Å². The molecule has 0 aliphatic carbocycles. The van der Waals surface area contributed by atoms with E-state index >= 15 is 0 Å². The van der Waals surface area contributed by atoms with Crippen LogP contribution in [0.3, 0.4) is 0 Å². The highest BCUT2D eigenvalue weighted by molar-refractivity contribution is 4.72. The van der Waals surface area contributed by atoms with Crippen molar-refractivity contribution in [2.24, 2.45) is 0 Å². The summed E-state index contributed by atoms with van der Waals surface area (Å²) in [4.78, 5) is 0. The Bertz CT molecular complexity index is 73.8. The molecule has 0 aromatic carbocycles. The van der Waals surface area contributed by atoms with Gasteiger partial charge in [-0.05, 0) is 25.7 Å². The predicted octanol–water partition coefficient (Wildman–Crippen LogP) is 2.43. The molecule has 73 valence electrons. The molecule has 0 spiro atoms. The molecule has 0 heterocycles. The molecule has 2 unspecified atom stereocenters. The van der Waals surface area contributed by atoms with Gasteiger partial charge in [0.05, 0.1) is 12.2 Å². The van der Waals surface area contributed by atoms with Crippen LogP contribution in [0, 0.1) is 6.42 Å². The van der Waals surface area contributed by atoms with Gasteiger partial charge in [-0.25, -0.2) is 0 Å². The fraction of sp³-hybridized carbons (Fsp3) is 0.900. The normalized spacial score (nSPS) is 16.0. The van der Waals surface area contributed by atoms with E-state index in [-0.39, 0.29) is 6.10 Å². The third-order valence-corrected chi connectivity index (χ3v) is 2.24. The van der Waals surface area contributed by atoms with E-state index in [4.69, 9.17) is 9.47 Å². The highest BCUT2D eigenvalue weighted by Gasteiger charge is 2.09. The molecule has 0 fully saturated rings. The molecule has 0 amide bonds. The third-order valence-electron chi connectivity index (χ3n) is 2.24. The summed E-state index contributed by atoms with van der Waals surface area (Å²) in [5.74, 6) is 0. The van der Waals surface area contributed by atoms with Crippen molar-refractivity contribution >= 4 is 0 Å². The zero-order chi connectivity index (χ0) is 9.40. The van der Waals surface area contributed by atoms with E-state index in [1.807, 2.05) is 6.92 Å². The SMILES string of the molecule is C[CH]C(CCC(CC)OC)OC. The Morgan fingerprint density at radius 2 is 1.83 bits per heavy atom. The molecule has 2 atom stereocenters. The Morgan fingerprint density at radius 1 is 1.17 bits per heavy atom. The molecule has 0 saturated heterocycles. The van der Waals surface area contributed by atoms with Crippen molar-refractivity contribution in [3.63, 3.8) is 0 Å². The van der Waals surface area contributed by atoms with Crippen molar-refractivity contribution in [1.82, 2.24) is 0 Å². The van der Waals surface area contributed by atoms with Crippen molar-refractivity contribution in [3.05, 3.63) is 6.42 Å². The minimum absolute atomic E-state index is 0.286. The van der Waals surface area contributed by atoms with Crippen LogP contribution >= 0.6 is 0 Å². The van der Waals surface area contributed by atoms with Gasteiger partial charge in [0.25, 0.3) is 0 Å². The lowest BCUT2D eigenvalue weighted by Crippen LogP contribution is -2.15. The molecule has 12 heavy (non-hydrogen) atoms. The molecule has 0 aromatic rings. The first-order chi connectivity index (χ1) is 5.78. The first kappa shape index (κ1) is 11.9. The molecule has 2 heteroatoms. The van der Waals surface area contributed by atoms with Crippen molar-refractivity contribution < 1.29 is 9.47 Å². The number of ether oxygens (including phenoxy) is 2. The molecule has 2 nitrogen and oxygen atoms in total. The monoisotopic (exact) mass is 173 g/mol. The van der Waals surface area contributed by atoms with Crippen molar-refractivity contribution in [2.45, 2.75) is 45.3 Å². The summed E-state index contributed by atoms with van der Waals surface area (Å²) in [6, 6.07) is 0. The van der Waals surface area contributed by atoms with Crippen LogP contribution in [0.5, 0.6) is 0 Å². The van der Waals surface area contributed by atoms with Crippen molar-refractivity contribution in [2.75, 3.05) is 14.2 Å². The van der Waals surface area contributed by atoms with Gasteiger partial charge in [-0.2, -0.15) is 0 Å². The fourth-order valence-electron chi connectivity index (χ4n) is 1.26. The maximum Gasteiger partial charge on any atom is 0.0601 e. The van der Waals surface area contributed by atoms with E-state index in [0.717, 1.165) is 19.3 Å². The van der Waals surface area contributed by atoms with Crippen LogP contribution in [-0.4, -0.2) is 26.4 Å². The second-order valence-corrected chi connectivity index (χ2v) is 2.95. The highest BCUT2D eigenvalue weighted by Crippen LogP contribution is 2.11. The van der Waals surface area contributed by atoms with Crippen LogP contribution in [0.2, 0.25) is 0 Å². The Kier molecular flexibility index (Phi) is 7.51. The van der Waals surface area contributed by atoms with E-state index in [2.05, 4.69) is 13.3 Å². The lowest BCUT2D eigenvalue weighted by atomic mass is 10.1. The molecule has 0 N–H and O–H groups in total. The molecule has 0 rings (SSSR count). The second kappa shape index (κ2) is 7.56. The molecule has 0 saturated carbocycles. The van der Waals surface area contributed by atoms with E-state index in [1.165, 1.54) is 0 Å². The summed E-state index contributed by atoms with van der Waals surface area (Å²) in [5, 5.41) is 0. The maximum absolute atomic E-state index is 5.27. The van der Waals surface area contributed by atoms with Crippen LogP contribution in [0.4, 0.5) is 0 Å². The molecule has 0 aliphatic rings. The zero-order valence-corrected chi connectivity index (χ0v) is 8.67. The summed E-state index contributed by atoms with van der Waals surface area (Å²) in [7, 11) is 3.52. The van der Waals surface area contributed by atoms with Gasteiger partial charge in [-0.3, -0.25) is 0 Å². The molecule has 0 aliphatic heterocycles. The lowest BCUT2D eigenvalue weighted by molar-refractivity contribution is 0.0634. The van der Waals surface area contributed by atoms with E-state index in [9.17, 15) is 0 Å². The van der Waals surface area contributed by atoms with Gasteiger partial charge < -0.3 is 9.47 Å². The quantitative estimate of drug-likeness (QED) is 0.588. The van der Waals surface area contributed by atoms with E-state index < -0.39 is 0 Å². The fourth-order valence-corrected chi connectivity index (χ4v) is 1.26. The van der Waals surface area contributed by atoms with E-state index in [0.29, 0.717) is 6.10 Å². The first-order valence-corrected chi connectivity index (χ1v) is 4.63. The van der Waals surface area contributed by atoms with Crippen LogP contribution in [0.25, 0.3) is 0 Å². The van der Waals surface area contributed by atoms with Crippen LogP contribution in [0.15, 0.2) is 0 Å². The van der Waals surface area contributed by atoms with Gasteiger partial charge in [0.15, 0.2) is 0 Å².